The molecule has 2 atom stereocenters. The van der Waals surface area contributed by atoms with E-state index in [-0.39, 0.29) is 22.9 Å². The zero-order chi connectivity index (χ0) is 12.5. The summed E-state index contributed by atoms with van der Waals surface area (Å²) in [5, 5.41) is 3.37. The van der Waals surface area contributed by atoms with Crippen LogP contribution in [-0.2, 0) is 4.79 Å². The van der Waals surface area contributed by atoms with E-state index in [4.69, 9.17) is 11.6 Å². The Morgan fingerprint density at radius 2 is 2.00 bits per heavy atom. The minimum Gasteiger partial charge on any atom is -0.350 e. The minimum absolute atomic E-state index is 0.0145. The third-order valence-electron chi connectivity index (χ3n) is 4.18. The highest BCUT2D eigenvalue weighted by Crippen LogP contribution is 2.28. The summed E-state index contributed by atoms with van der Waals surface area (Å²) in [6, 6.07) is -0.0312. The number of carbonyl (C=O) groups excluding carboxylic acids is 1. The number of amides is 1. The number of alkyl halides is 1. The third-order valence-corrected chi connectivity index (χ3v) is 4.50. The van der Waals surface area contributed by atoms with Crippen LogP contribution in [0, 0.1) is 0 Å². The van der Waals surface area contributed by atoms with Crippen LogP contribution < -0.4 is 5.32 Å². The van der Waals surface area contributed by atoms with Gasteiger partial charge < -0.3 is 5.32 Å². The molecule has 1 aliphatic heterocycles. The second-order valence-corrected chi connectivity index (χ2v) is 6.52. The molecule has 4 heteroatoms. The fourth-order valence-corrected chi connectivity index (χ4v) is 3.47. The van der Waals surface area contributed by atoms with E-state index in [0.29, 0.717) is 0 Å². The molecule has 0 unspecified atom stereocenters. The monoisotopic (exact) mass is 258 g/mol. The first-order valence-corrected chi connectivity index (χ1v) is 7.10. The molecule has 17 heavy (non-hydrogen) atoms. The summed E-state index contributed by atoms with van der Waals surface area (Å²) >= 11 is 6.10. The first kappa shape index (κ1) is 13.2. The lowest BCUT2D eigenvalue weighted by atomic mass is 9.83. The van der Waals surface area contributed by atoms with E-state index in [2.05, 4.69) is 17.1 Å². The number of halogens is 1. The highest BCUT2D eigenvalue weighted by atomic mass is 35.5. The lowest BCUT2D eigenvalue weighted by molar-refractivity contribution is -0.127. The van der Waals surface area contributed by atoms with Gasteiger partial charge in [-0.25, -0.2) is 0 Å². The first-order chi connectivity index (χ1) is 8.00. The van der Waals surface area contributed by atoms with E-state index < -0.39 is 0 Å². The van der Waals surface area contributed by atoms with Crippen molar-refractivity contribution in [2.75, 3.05) is 13.6 Å². The molecule has 1 N–H and O–H groups in total. The number of likely N-dealkylation sites (tertiary alicyclic amines) is 1. The van der Waals surface area contributed by atoms with Crippen LogP contribution >= 0.6 is 11.6 Å². The normalized spacial score (nSPS) is 33.6. The van der Waals surface area contributed by atoms with Crippen molar-refractivity contribution < 1.29 is 4.79 Å². The predicted octanol–water partition coefficient (Wildman–Crippen LogP) is 2.14. The number of likely N-dealkylation sites (N-methyl/N-ethyl adjacent to an activating group) is 1. The van der Waals surface area contributed by atoms with Gasteiger partial charge in [-0.3, -0.25) is 9.69 Å². The standard InChI is InChI=1S/C13H23ClN2O/c1-13(6-4-3-5-7-13)15-12(17)11-8-10(14)9-16(11)2/h10-11H,3-9H2,1-2H3,(H,15,17)/t10-,11-/m0/s1. The second kappa shape index (κ2) is 5.15. The average molecular weight is 259 g/mol. The summed E-state index contributed by atoms with van der Waals surface area (Å²) in [4.78, 5) is 14.3. The molecule has 2 fully saturated rings. The number of nitrogens with one attached hydrogen (secondary N) is 1. The quantitative estimate of drug-likeness (QED) is 0.770. The first-order valence-electron chi connectivity index (χ1n) is 6.66. The van der Waals surface area contributed by atoms with Crippen molar-refractivity contribution in [2.45, 2.75) is 62.4 Å². The Bertz CT molecular complexity index is 289. The molecule has 0 aromatic heterocycles. The predicted molar refractivity (Wildman–Crippen MR) is 70.3 cm³/mol. The molecule has 0 aromatic carbocycles. The minimum atomic E-state index is -0.0312. The zero-order valence-electron chi connectivity index (χ0n) is 10.8. The van der Waals surface area contributed by atoms with Gasteiger partial charge in [0.25, 0.3) is 0 Å². The molecule has 0 aromatic rings. The van der Waals surface area contributed by atoms with Crippen molar-refractivity contribution in [3.63, 3.8) is 0 Å². The molecule has 1 heterocycles. The average Bonchev–Trinajstić information content (AvgIpc) is 2.58. The lowest BCUT2D eigenvalue weighted by Crippen LogP contribution is -2.52. The van der Waals surface area contributed by atoms with Gasteiger partial charge in [-0.2, -0.15) is 0 Å². The van der Waals surface area contributed by atoms with Crippen LogP contribution in [0.5, 0.6) is 0 Å². The third kappa shape index (κ3) is 3.14. The highest BCUT2D eigenvalue weighted by molar-refractivity contribution is 6.21. The van der Waals surface area contributed by atoms with E-state index in [9.17, 15) is 4.79 Å². The maximum absolute atomic E-state index is 12.3. The van der Waals surface area contributed by atoms with Crippen molar-refractivity contribution in [1.82, 2.24) is 10.2 Å². The van der Waals surface area contributed by atoms with Gasteiger partial charge in [0.15, 0.2) is 0 Å². The van der Waals surface area contributed by atoms with Gasteiger partial charge in [0, 0.05) is 17.5 Å². The zero-order valence-corrected chi connectivity index (χ0v) is 11.6. The fraction of sp³-hybridized carbons (Fsp3) is 0.923. The number of carbonyl (C=O) groups is 1. The molecule has 1 saturated carbocycles. The molecule has 1 aliphatic carbocycles. The maximum Gasteiger partial charge on any atom is 0.237 e. The second-order valence-electron chi connectivity index (χ2n) is 5.90. The summed E-state index contributed by atoms with van der Waals surface area (Å²) in [5.41, 5.74) is 0.0145. The molecule has 2 rings (SSSR count). The topological polar surface area (TPSA) is 32.3 Å². The molecule has 3 nitrogen and oxygen atoms in total. The molecular weight excluding hydrogens is 236 g/mol. The van der Waals surface area contributed by atoms with Gasteiger partial charge in [-0.05, 0) is 33.2 Å². The number of nitrogens with zero attached hydrogens (tertiary/aromatic N) is 1. The summed E-state index contributed by atoms with van der Waals surface area (Å²) in [7, 11) is 1.98. The Balaban J connectivity index is 1.92. The summed E-state index contributed by atoms with van der Waals surface area (Å²) in [6.45, 7) is 2.99. The van der Waals surface area contributed by atoms with Gasteiger partial charge in [0.1, 0.15) is 0 Å². The van der Waals surface area contributed by atoms with E-state index in [1.807, 2.05) is 7.05 Å². The molecular formula is C13H23ClN2O. The van der Waals surface area contributed by atoms with Crippen molar-refractivity contribution in [3.05, 3.63) is 0 Å². The number of rotatable bonds is 2. The Morgan fingerprint density at radius 3 is 2.53 bits per heavy atom. The van der Waals surface area contributed by atoms with E-state index in [0.717, 1.165) is 25.8 Å². The molecule has 2 aliphatic rings. The molecule has 0 radical (unpaired) electrons. The number of hydrogen-bond donors (Lipinski definition) is 1. The van der Waals surface area contributed by atoms with Crippen molar-refractivity contribution in [1.29, 1.82) is 0 Å². The Labute approximate surface area is 109 Å². The van der Waals surface area contributed by atoms with Gasteiger partial charge in [-0.15, -0.1) is 11.6 Å². The molecule has 0 spiro atoms. The Morgan fingerprint density at radius 1 is 1.35 bits per heavy atom. The van der Waals surface area contributed by atoms with Crippen molar-refractivity contribution in [2.24, 2.45) is 0 Å². The van der Waals surface area contributed by atoms with Gasteiger partial charge in [-0.1, -0.05) is 19.3 Å². The smallest absolute Gasteiger partial charge is 0.237 e. The van der Waals surface area contributed by atoms with Crippen LogP contribution in [0.25, 0.3) is 0 Å². The fourth-order valence-electron chi connectivity index (χ4n) is 3.08. The molecule has 1 amide bonds. The van der Waals surface area contributed by atoms with Crippen LogP contribution in [0.3, 0.4) is 0 Å². The Kier molecular flexibility index (Phi) is 3.99. The van der Waals surface area contributed by atoms with Crippen molar-refractivity contribution in [3.8, 4) is 0 Å². The molecule has 98 valence electrons. The van der Waals surface area contributed by atoms with Gasteiger partial charge >= 0.3 is 0 Å². The van der Waals surface area contributed by atoms with Gasteiger partial charge in [0.2, 0.25) is 5.91 Å². The van der Waals surface area contributed by atoms with E-state index in [1.54, 1.807) is 0 Å². The largest absolute Gasteiger partial charge is 0.350 e. The highest BCUT2D eigenvalue weighted by Gasteiger charge is 2.37. The van der Waals surface area contributed by atoms with E-state index >= 15 is 0 Å². The lowest BCUT2D eigenvalue weighted by Gasteiger charge is -2.36. The van der Waals surface area contributed by atoms with Crippen LogP contribution in [0.2, 0.25) is 0 Å². The van der Waals surface area contributed by atoms with Crippen LogP contribution in [-0.4, -0.2) is 41.4 Å². The molecule has 0 bridgehead atoms. The van der Waals surface area contributed by atoms with Crippen LogP contribution in [0.1, 0.15) is 45.4 Å². The summed E-state index contributed by atoms with van der Waals surface area (Å²) in [5.74, 6) is 0.167. The Hall–Kier alpha value is -0.280. The molecule has 1 saturated heterocycles. The SMILES string of the molecule is CN1C[C@@H](Cl)C[C@H]1C(=O)NC1(C)CCCCC1. The van der Waals surface area contributed by atoms with Crippen LogP contribution in [0.4, 0.5) is 0 Å². The van der Waals surface area contributed by atoms with Gasteiger partial charge in [0.05, 0.1) is 6.04 Å². The number of hydrogen-bond acceptors (Lipinski definition) is 2. The summed E-state index contributed by atoms with van der Waals surface area (Å²) in [6.07, 6.45) is 6.77. The van der Waals surface area contributed by atoms with Crippen molar-refractivity contribution >= 4 is 17.5 Å². The van der Waals surface area contributed by atoms with Crippen LogP contribution in [0.15, 0.2) is 0 Å². The maximum atomic E-state index is 12.3. The van der Waals surface area contributed by atoms with E-state index in [1.165, 1.54) is 19.3 Å². The summed E-state index contributed by atoms with van der Waals surface area (Å²) < 4.78 is 0.